The van der Waals surface area contributed by atoms with Crippen LogP contribution >= 0.6 is 0 Å². The van der Waals surface area contributed by atoms with E-state index in [1.54, 1.807) is 11.9 Å². The van der Waals surface area contributed by atoms with Gasteiger partial charge in [-0.3, -0.25) is 19.2 Å². The van der Waals surface area contributed by atoms with E-state index in [-0.39, 0.29) is 12.5 Å². The number of benzene rings is 1. The Morgan fingerprint density at radius 2 is 2.21 bits per heavy atom. The van der Waals surface area contributed by atoms with Crippen LogP contribution in [0.3, 0.4) is 0 Å². The lowest BCUT2D eigenvalue weighted by molar-refractivity contribution is -0.131. The van der Waals surface area contributed by atoms with E-state index in [4.69, 9.17) is 0 Å². The van der Waals surface area contributed by atoms with Gasteiger partial charge in [0.2, 0.25) is 5.91 Å². The van der Waals surface area contributed by atoms with Gasteiger partial charge in [0.1, 0.15) is 0 Å². The molecule has 1 amide bonds. The van der Waals surface area contributed by atoms with Crippen molar-refractivity contribution in [3.8, 4) is 0 Å². The van der Waals surface area contributed by atoms with E-state index >= 15 is 0 Å². The zero-order valence-corrected chi connectivity index (χ0v) is 13.8. The molecule has 1 fully saturated rings. The topological polar surface area (TPSA) is 82.4 Å². The number of carbonyl (C=O) groups excluding carboxylic acids is 1. The Bertz CT molecular complexity index is 725. The Labute approximate surface area is 140 Å². The highest BCUT2D eigenvalue weighted by atomic mass is 16.5. The fourth-order valence-corrected chi connectivity index (χ4v) is 3.11. The standard InChI is InChI=1S/C17H22N4O3/c1-20(12-15-18-17(23)24-19-15)16(22)9-14-7-8-21(11-14)10-13-5-3-2-4-6-13/h2-6,14H,7-12H2,1H3,(H,18,19,23). The van der Waals surface area contributed by atoms with Crippen molar-refractivity contribution in [1.82, 2.24) is 19.9 Å². The minimum atomic E-state index is -0.599. The van der Waals surface area contributed by atoms with Crippen LogP contribution in [0.5, 0.6) is 0 Å². The number of amides is 1. The van der Waals surface area contributed by atoms with E-state index in [1.807, 2.05) is 6.07 Å². The third-order valence-electron chi connectivity index (χ3n) is 4.38. The summed E-state index contributed by atoms with van der Waals surface area (Å²) >= 11 is 0. The molecule has 24 heavy (non-hydrogen) atoms. The number of hydrogen-bond donors (Lipinski definition) is 1. The van der Waals surface area contributed by atoms with Crippen LogP contribution in [-0.4, -0.2) is 46.0 Å². The average molecular weight is 330 g/mol. The largest absolute Gasteiger partial charge is 0.438 e. The first-order valence-electron chi connectivity index (χ1n) is 8.15. The summed E-state index contributed by atoms with van der Waals surface area (Å²) in [5, 5.41) is 3.58. The van der Waals surface area contributed by atoms with E-state index in [2.05, 4.69) is 43.8 Å². The normalized spacial score (nSPS) is 18.0. The van der Waals surface area contributed by atoms with Crippen LogP contribution in [-0.2, 0) is 17.9 Å². The minimum Gasteiger partial charge on any atom is -0.338 e. The summed E-state index contributed by atoms with van der Waals surface area (Å²) in [6.45, 7) is 3.15. The predicted molar refractivity (Wildman–Crippen MR) is 88.0 cm³/mol. The molecule has 0 bridgehead atoms. The zero-order chi connectivity index (χ0) is 16.9. The van der Waals surface area contributed by atoms with Crippen molar-refractivity contribution in [3.63, 3.8) is 0 Å². The molecule has 0 saturated carbocycles. The van der Waals surface area contributed by atoms with Crippen molar-refractivity contribution >= 4 is 5.91 Å². The molecule has 7 nitrogen and oxygen atoms in total. The Kier molecular flexibility index (Phi) is 5.10. The van der Waals surface area contributed by atoms with Crippen LogP contribution in [0.15, 0.2) is 39.6 Å². The monoisotopic (exact) mass is 330 g/mol. The average Bonchev–Trinajstić information content (AvgIpc) is 3.17. The maximum absolute atomic E-state index is 12.3. The van der Waals surface area contributed by atoms with Crippen molar-refractivity contribution in [1.29, 1.82) is 0 Å². The molecule has 7 heteroatoms. The molecule has 1 aromatic carbocycles. The molecule has 0 radical (unpaired) electrons. The smallest absolute Gasteiger partial charge is 0.338 e. The summed E-state index contributed by atoms with van der Waals surface area (Å²) < 4.78 is 4.44. The van der Waals surface area contributed by atoms with Gasteiger partial charge in [-0.2, -0.15) is 0 Å². The first-order chi connectivity index (χ1) is 11.6. The van der Waals surface area contributed by atoms with Gasteiger partial charge in [-0.25, -0.2) is 4.79 Å². The molecule has 3 rings (SSSR count). The number of aromatic amines is 1. The second-order valence-electron chi connectivity index (χ2n) is 6.37. The van der Waals surface area contributed by atoms with Gasteiger partial charge in [0, 0.05) is 26.6 Å². The van der Waals surface area contributed by atoms with E-state index in [1.165, 1.54) is 5.56 Å². The van der Waals surface area contributed by atoms with Crippen molar-refractivity contribution in [2.45, 2.75) is 25.9 Å². The molecule has 1 unspecified atom stereocenters. The van der Waals surface area contributed by atoms with Crippen molar-refractivity contribution in [2.24, 2.45) is 5.92 Å². The van der Waals surface area contributed by atoms with Gasteiger partial charge in [0.25, 0.3) is 0 Å². The molecule has 0 aliphatic carbocycles. The third-order valence-corrected chi connectivity index (χ3v) is 4.38. The second-order valence-corrected chi connectivity index (χ2v) is 6.37. The number of rotatable bonds is 6. The third kappa shape index (κ3) is 4.32. The van der Waals surface area contributed by atoms with Gasteiger partial charge in [-0.15, -0.1) is 0 Å². The van der Waals surface area contributed by atoms with Gasteiger partial charge in [-0.05, 0) is 24.4 Å². The van der Waals surface area contributed by atoms with Crippen LogP contribution in [0.2, 0.25) is 0 Å². The van der Waals surface area contributed by atoms with Gasteiger partial charge in [-0.1, -0.05) is 35.5 Å². The molecule has 1 N–H and O–H groups in total. The number of nitrogens with one attached hydrogen (secondary N) is 1. The van der Waals surface area contributed by atoms with E-state index < -0.39 is 5.76 Å². The molecule has 1 atom stereocenters. The number of likely N-dealkylation sites (tertiary alicyclic amines) is 1. The molecular formula is C17H22N4O3. The summed E-state index contributed by atoms with van der Waals surface area (Å²) in [6.07, 6.45) is 1.55. The Morgan fingerprint density at radius 1 is 1.42 bits per heavy atom. The van der Waals surface area contributed by atoms with Gasteiger partial charge in [0.15, 0.2) is 5.82 Å². The predicted octanol–water partition coefficient (Wildman–Crippen LogP) is 1.23. The zero-order valence-electron chi connectivity index (χ0n) is 13.8. The molecule has 1 aliphatic rings. The van der Waals surface area contributed by atoms with Crippen LogP contribution in [0.4, 0.5) is 0 Å². The van der Waals surface area contributed by atoms with Crippen LogP contribution in [0.1, 0.15) is 24.2 Å². The second kappa shape index (κ2) is 7.44. The first-order valence-corrected chi connectivity index (χ1v) is 8.15. The number of hydrogen-bond acceptors (Lipinski definition) is 5. The molecule has 1 aromatic heterocycles. The lowest BCUT2D eigenvalue weighted by atomic mass is 10.0. The minimum absolute atomic E-state index is 0.0606. The highest BCUT2D eigenvalue weighted by molar-refractivity contribution is 5.76. The summed E-state index contributed by atoms with van der Waals surface area (Å²) in [5.41, 5.74) is 1.30. The molecule has 2 aromatic rings. The maximum atomic E-state index is 12.3. The van der Waals surface area contributed by atoms with Crippen molar-refractivity contribution in [3.05, 3.63) is 52.3 Å². The fourth-order valence-electron chi connectivity index (χ4n) is 3.11. The summed E-state index contributed by atoms with van der Waals surface area (Å²) in [6, 6.07) is 10.4. The summed E-state index contributed by atoms with van der Waals surface area (Å²) in [5.74, 6) is 0.205. The van der Waals surface area contributed by atoms with Crippen molar-refractivity contribution < 1.29 is 9.32 Å². The lowest BCUT2D eigenvalue weighted by Gasteiger charge is -2.19. The molecule has 128 valence electrons. The Balaban J connectivity index is 1.46. The van der Waals surface area contributed by atoms with Gasteiger partial charge in [0.05, 0.1) is 6.54 Å². The number of aromatic nitrogens is 2. The van der Waals surface area contributed by atoms with E-state index in [0.29, 0.717) is 18.2 Å². The summed E-state index contributed by atoms with van der Waals surface area (Å²) in [4.78, 5) is 29.7. The fraction of sp³-hybridized carbons (Fsp3) is 0.471. The quantitative estimate of drug-likeness (QED) is 0.861. The number of H-pyrrole nitrogens is 1. The molecule has 0 spiro atoms. The molecule has 1 saturated heterocycles. The van der Waals surface area contributed by atoms with Crippen molar-refractivity contribution in [2.75, 3.05) is 20.1 Å². The highest BCUT2D eigenvalue weighted by Gasteiger charge is 2.26. The lowest BCUT2D eigenvalue weighted by Crippen LogP contribution is -2.29. The van der Waals surface area contributed by atoms with E-state index in [0.717, 1.165) is 26.1 Å². The summed E-state index contributed by atoms with van der Waals surface area (Å²) in [7, 11) is 1.71. The number of nitrogens with zero attached hydrogens (tertiary/aromatic N) is 3. The maximum Gasteiger partial charge on any atom is 0.438 e. The molecular weight excluding hydrogens is 308 g/mol. The highest BCUT2D eigenvalue weighted by Crippen LogP contribution is 2.22. The van der Waals surface area contributed by atoms with E-state index in [9.17, 15) is 9.59 Å². The molecule has 2 heterocycles. The Hall–Kier alpha value is -2.41. The van der Waals surface area contributed by atoms with Gasteiger partial charge < -0.3 is 4.90 Å². The van der Waals surface area contributed by atoms with Crippen LogP contribution in [0.25, 0.3) is 0 Å². The van der Waals surface area contributed by atoms with Crippen LogP contribution in [0, 0.1) is 5.92 Å². The first kappa shape index (κ1) is 16.4. The Morgan fingerprint density at radius 3 is 2.92 bits per heavy atom. The SMILES string of the molecule is CN(Cc1noc(=O)[nH]1)C(=O)CC1CCN(Cc2ccccc2)C1. The number of carbonyl (C=O) groups is 1. The van der Waals surface area contributed by atoms with Gasteiger partial charge >= 0.3 is 5.76 Å². The van der Waals surface area contributed by atoms with Crippen LogP contribution < -0.4 is 5.76 Å². The molecule has 1 aliphatic heterocycles.